The zero-order valence-corrected chi connectivity index (χ0v) is 16.1. The molecule has 1 atom stereocenters. The maximum atomic E-state index is 11.0. The van der Waals surface area contributed by atoms with Crippen molar-refractivity contribution in [3.8, 4) is 0 Å². The predicted octanol–water partition coefficient (Wildman–Crippen LogP) is 2.36. The largest absolute Gasteiger partial charge is 0.480 e. The molecule has 0 radical (unpaired) electrons. The molecule has 0 saturated carbocycles. The summed E-state index contributed by atoms with van der Waals surface area (Å²) in [5.41, 5.74) is 5.67. The van der Waals surface area contributed by atoms with E-state index < -0.39 is 20.3 Å². The van der Waals surface area contributed by atoms with Gasteiger partial charge in [0.25, 0.3) is 8.32 Å². The van der Waals surface area contributed by atoms with Crippen LogP contribution in [0.5, 0.6) is 0 Å². The smallest absolute Gasteiger partial charge is 0.320 e. The molecular formula is C20H27NO3Si. The third kappa shape index (κ3) is 4.18. The third-order valence-electron chi connectivity index (χ3n) is 4.48. The van der Waals surface area contributed by atoms with Gasteiger partial charge in [-0.05, 0) is 21.8 Å². The molecule has 2 aromatic carbocycles. The van der Waals surface area contributed by atoms with Crippen LogP contribution in [0.25, 0.3) is 0 Å². The third-order valence-corrected chi connectivity index (χ3v) is 9.52. The summed E-state index contributed by atoms with van der Waals surface area (Å²) in [5, 5.41) is 11.3. The van der Waals surface area contributed by atoms with Crippen LogP contribution in [0.1, 0.15) is 27.2 Å². The van der Waals surface area contributed by atoms with Crippen molar-refractivity contribution < 1.29 is 14.3 Å². The molecule has 25 heavy (non-hydrogen) atoms. The van der Waals surface area contributed by atoms with E-state index in [0.29, 0.717) is 13.0 Å². The first kappa shape index (κ1) is 19.4. The van der Waals surface area contributed by atoms with Crippen molar-refractivity contribution in [3.63, 3.8) is 0 Å². The van der Waals surface area contributed by atoms with Gasteiger partial charge in [-0.15, -0.1) is 0 Å². The normalized spacial score (nSPS) is 13.4. The average Bonchev–Trinajstić information content (AvgIpc) is 2.59. The molecule has 0 fully saturated rings. The molecule has 0 amide bonds. The number of rotatable bonds is 7. The standard InChI is InChI=1S/C20H27NO3Si/c1-20(2,3)25(16-10-6-4-7-11-16,17-12-8-5-9-13-17)24-15-14-18(21)19(22)23/h4-13,18H,14-15,21H2,1-3H3,(H,22,23)/t18-/m0/s1. The minimum absolute atomic E-state index is 0.122. The lowest BCUT2D eigenvalue weighted by Gasteiger charge is -2.43. The monoisotopic (exact) mass is 357 g/mol. The second-order valence-electron chi connectivity index (χ2n) is 7.25. The number of carbonyl (C=O) groups is 1. The second-order valence-corrected chi connectivity index (χ2v) is 11.6. The van der Waals surface area contributed by atoms with Gasteiger partial charge in [0.1, 0.15) is 6.04 Å². The number of hydrogen-bond donors (Lipinski definition) is 2. The van der Waals surface area contributed by atoms with Crippen molar-refractivity contribution in [3.05, 3.63) is 60.7 Å². The number of carboxylic acids is 1. The van der Waals surface area contributed by atoms with E-state index in [9.17, 15) is 4.79 Å². The lowest BCUT2D eigenvalue weighted by atomic mass is 10.2. The highest BCUT2D eigenvalue weighted by atomic mass is 28.4. The van der Waals surface area contributed by atoms with Gasteiger partial charge < -0.3 is 15.3 Å². The van der Waals surface area contributed by atoms with Gasteiger partial charge in [0.2, 0.25) is 0 Å². The summed E-state index contributed by atoms with van der Waals surface area (Å²) < 4.78 is 6.58. The number of benzene rings is 2. The van der Waals surface area contributed by atoms with Crippen molar-refractivity contribution in [2.75, 3.05) is 6.61 Å². The molecule has 0 aliphatic carbocycles. The summed E-state index contributed by atoms with van der Waals surface area (Å²) >= 11 is 0. The van der Waals surface area contributed by atoms with Gasteiger partial charge in [0.05, 0.1) is 0 Å². The first-order chi connectivity index (χ1) is 11.8. The van der Waals surface area contributed by atoms with Gasteiger partial charge in [0.15, 0.2) is 0 Å². The fourth-order valence-corrected chi connectivity index (χ4v) is 7.80. The van der Waals surface area contributed by atoms with Gasteiger partial charge in [-0.2, -0.15) is 0 Å². The van der Waals surface area contributed by atoms with E-state index in [4.69, 9.17) is 15.3 Å². The zero-order chi connectivity index (χ0) is 18.5. The van der Waals surface area contributed by atoms with Crippen LogP contribution >= 0.6 is 0 Å². The van der Waals surface area contributed by atoms with Crippen molar-refractivity contribution in [1.29, 1.82) is 0 Å². The summed E-state index contributed by atoms with van der Waals surface area (Å²) in [4.78, 5) is 11.0. The highest BCUT2D eigenvalue weighted by Gasteiger charge is 2.50. The fraction of sp³-hybridized carbons (Fsp3) is 0.350. The Hall–Kier alpha value is -1.95. The molecule has 0 aliphatic heterocycles. The zero-order valence-electron chi connectivity index (χ0n) is 15.1. The Bertz CT molecular complexity index is 644. The minimum atomic E-state index is -2.60. The van der Waals surface area contributed by atoms with Crippen LogP contribution in [0, 0.1) is 0 Å². The van der Waals surface area contributed by atoms with Crippen molar-refractivity contribution in [1.82, 2.24) is 0 Å². The van der Waals surface area contributed by atoms with Gasteiger partial charge in [-0.3, -0.25) is 4.79 Å². The summed E-state index contributed by atoms with van der Waals surface area (Å²) in [6.45, 7) is 6.89. The maximum absolute atomic E-state index is 11.0. The van der Waals surface area contributed by atoms with Crippen molar-refractivity contribution in [2.45, 2.75) is 38.3 Å². The molecule has 0 spiro atoms. The van der Waals surface area contributed by atoms with Crippen molar-refractivity contribution in [2.24, 2.45) is 5.73 Å². The number of hydrogen-bond acceptors (Lipinski definition) is 3. The molecule has 0 aliphatic rings. The number of carboxylic acid groups (broad SMARTS) is 1. The molecule has 0 unspecified atom stereocenters. The van der Waals surface area contributed by atoms with Crippen LogP contribution in [-0.2, 0) is 9.22 Å². The highest BCUT2D eigenvalue weighted by molar-refractivity contribution is 6.99. The summed E-state index contributed by atoms with van der Waals surface area (Å²) in [7, 11) is -2.60. The minimum Gasteiger partial charge on any atom is -0.480 e. The second kappa shape index (κ2) is 7.95. The van der Waals surface area contributed by atoms with E-state index in [1.807, 2.05) is 36.4 Å². The van der Waals surface area contributed by atoms with Crippen LogP contribution in [0.15, 0.2) is 60.7 Å². The van der Waals surface area contributed by atoms with Gasteiger partial charge in [-0.1, -0.05) is 81.4 Å². The number of nitrogens with two attached hydrogens (primary N) is 1. The van der Waals surface area contributed by atoms with E-state index in [0.717, 1.165) is 0 Å². The number of aliphatic carboxylic acids is 1. The molecule has 5 heteroatoms. The van der Waals surface area contributed by atoms with Crippen LogP contribution in [0.4, 0.5) is 0 Å². The summed E-state index contributed by atoms with van der Waals surface area (Å²) in [6.07, 6.45) is 0.291. The van der Waals surface area contributed by atoms with E-state index in [-0.39, 0.29) is 5.04 Å². The van der Waals surface area contributed by atoms with Crippen LogP contribution in [0.3, 0.4) is 0 Å². The Morgan fingerprint density at radius 2 is 1.48 bits per heavy atom. The van der Waals surface area contributed by atoms with Crippen LogP contribution < -0.4 is 16.1 Å². The van der Waals surface area contributed by atoms with E-state index >= 15 is 0 Å². The predicted molar refractivity (Wildman–Crippen MR) is 104 cm³/mol. The van der Waals surface area contributed by atoms with Crippen LogP contribution in [-0.4, -0.2) is 32.0 Å². The Kier molecular flexibility index (Phi) is 6.16. The highest BCUT2D eigenvalue weighted by Crippen LogP contribution is 2.36. The Balaban J connectivity index is 2.47. The average molecular weight is 358 g/mol. The molecular weight excluding hydrogens is 330 g/mol. The summed E-state index contributed by atoms with van der Waals surface area (Å²) in [6, 6.07) is 19.6. The molecule has 0 saturated heterocycles. The van der Waals surface area contributed by atoms with Crippen LogP contribution in [0.2, 0.25) is 5.04 Å². The maximum Gasteiger partial charge on any atom is 0.320 e. The van der Waals surface area contributed by atoms with Gasteiger partial charge in [0, 0.05) is 6.61 Å². The molecule has 4 nitrogen and oxygen atoms in total. The first-order valence-corrected chi connectivity index (χ1v) is 10.4. The van der Waals surface area contributed by atoms with E-state index in [2.05, 4.69) is 45.0 Å². The van der Waals surface area contributed by atoms with E-state index in [1.165, 1.54) is 10.4 Å². The molecule has 2 aromatic rings. The van der Waals surface area contributed by atoms with Gasteiger partial charge in [-0.25, -0.2) is 0 Å². The quantitative estimate of drug-likeness (QED) is 0.746. The molecule has 0 bridgehead atoms. The SMILES string of the molecule is CC(C)(C)[Si](OCC[C@H](N)C(=O)O)(c1ccccc1)c1ccccc1. The Morgan fingerprint density at radius 1 is 1.04 bits per heavy atom. The summed E-state index contributed by atoms with van der Waals surface area (Å²) in [5.74, 6) is -0.994. The molecule has 0 heterocycles. The van der Waals surface area contributed by atoms with E-state index in [1.54, 1.807) is 0 Å². The van der Waals surface area contributed by atoms with Gasteiger partial charge >= 0.3 is 5.97 Å². The fourth-order valence-electron chi connectivity index (χ4n) is 3.22. The Morgan fingerprint density at radius 3 is 1.84 bits per heavy atom. The molecule has 134 valence electrons. The lowest BCUT2D eigenvalue weighted by Crippen LogP contribution is -2.66. The van der Waals surface area contributed by atoms with Crippen molar-refractivity contribution >= 4 is 24.7 Å². The lowest BCUT2D eigenvalue weighted by molar-refractivity contribution is -0.138. The first-order valence-electron chi connectivity index (χ1n) is 8.52. The Labute approximate surface area is 150 Å². The molecule has 3 N–H and O–H groups in total. The molecule has 0 aromatic heterocycles. The molecule has 2 rings (SSSR count). The topological polar surface area (TPSA) is 72.5 Å².